The van der Waals surface area contributed by atoms with Crippen molar-refractivity contribution in [2.24, 2.45) is 5.73 Å². The van der Waals surface area contributed by atoms with Crippen LogP contribution in [0.15, 0.2) is 47.3 Å². The molecule has 1 heterocycles. The van der Waals surface area contributed by atoms with E-state index in [2.05, 4.69) is 24.1 Å². The van der Waals surface area contributed by atoms with Crippen LogP contribution in [0.4, 0.5) is 0 Å². The van der Waals surface area contributed by atoms with Crippen LogP contribution in [0.5, 0.6) is 5.75 Å². The number of ether oxygens (including phenoxy) is 1. The summed E-state index contributed by atoms with van der Waals surface area (Å²) in [6.07, 6.45) is 3.43. The predicted octanol–water partition coefficient (Wildman–Crippen LogP) is 2.42. The fraction of sp³-hybridized carbons (Fsp3) is 0.333. The number of hydrogen-bond donors (Lipinski definition) is 1. The monoisotopic (exact) mass is 260 g/mol. The third-order valence-corrected chi connectivity index (χ3v) is 3.27. The van der Waals surface area contributed by atoms with Crippen molar-refractivity contribution in [3.63, 3.8) is 0 Å². The van der Waals surface area contributed by atoms with Gasteiger partial charge < -0.3 is 14.9 Å². The van der Waals surface area contributed by atoms with Crippen molar-refractivity contribution in [1.29, 1.82) is 0 Å². The Morgan fingerprint density at radius 1 is 1.26 bits per heavy atom. The molecule has 1 aromatic carbocycles. The molecule has 0 bridgehead atoms. The predicted molar refractivity (Wildman–Crippen MR) is 75.0 cm³/mol. The zero-order valence-electron chi connectivity index (χ0n) is 11.4. The second-order valence-electron chi connectivity index (χ2n) is 4.57. The smallest absolute Gasteiger partial charge is 0.118 e. The largest absolute Gasteiger partial charge is 0.497 e. The fourth-order valence-electron chi connectivity index (χ4n) is 2.16. The molecule has 0 fully saturated rings. The van der Waals surface area contributed by atoms with E-state index in [0.717, 1.165) is 17.9 Å². The number of nitrogens with two attached hydrogens (primary N) is 1. The number of furan rings is 1. The van der Waals surface area contributed by atoms with Gasteiger partial charge in [-0.25, -0.2) is 0 Å². The van der Waals surface area contributed by atoms with E-state index in [1.54, 1.807) is 19.6 Å². The van der Waals surface area contributed by atoms with Gasteiger partial charge in [0.1, 0.15) is 5.75 Å². The zero-order chi connectivity index (χ0) is 13.7. The first-order valence-electron chi connectivity index (χ1n) is 6.30. The molecule has 19 heavy (non-hydrogen) atoms. The Morgan fingerprint density at radius 3 is 2.53 bits per heavy atom. The Hall–Kier alpha value is -1.78. The molecule has 1 atom stereocenters. The molecule has 4 nitrogen and oxygen atoms in total. The lowest BCUT2D eigenvalue weighted by Crippen LogP contribution is -2.29. The van der Waals surface area contributed by atoms with Gasteiger partial charge in [-0.3, -0.25) is 4.90 Å². The number of rotatable bonds is 6. The normalized spacial score (nSPS) is 12.6. The first-order chi connectivity index (χ1) is 9.24. The van der Waals surface area contributed by atoms with Crippen LogP contribution >= 0.6 is 0 Å². The lowest BCUT2D eigenvalue weighted by molar-refractivity contribution is 0.240. The molecule has 1 unspecified atom stereocenters. The Kier molecular flexibility index (Phi) is 4.60. The van der Waals surface area contributed by atoms with Gasteiger partial charge in [-0.1, -0.05) is 12.1 Å². The first kappa shape index (κ1) is 13.6. The van der Waals surface area contributed by atoms with Crippen molar-refractivity contribution in [2.45, 2.75) is 12.6 Å². The SMILES string of the molecule is COc1ccc(CN(C)C(CN)c2ccoc2)cc1. The Morgan fingerprint density at radius 2 is 2.00 bits per heavy atom. The summed E-state index contributed by atoms with van der Waals surface area (Å²) in [5, 5.41) is 0. The molecule has 2 aromatic rings. The van der Waals surface area contributed by atoms with E-state index in [1.165, 1.54) is 5.56 Å². The molecular formula is C15H20N2O2. The average molecular weight is 260 g/mol. The Bertz CT molecular complexity index is 479. The lowest BCUT2D eigenvalue weighted by atomic mass is 10.1. The van der Waals surface area contributed by atoms with Crippen molar-refractivity contribution in [3.8, 4) is 5.75 Å². The van der Waals surface area contributed by atoms with Gasteiger partial charge in [-0.05, 0) is 30.8 Å². The number of hydrogen-bond acceptors (Lipinski definition) is 4. The van der Waals surface area contributed by atoms with Crippen LogP contribution in [0, 0.1) is 0 Å². The van der Waals surface area contributed by atoms with Crippen LogP contribution in [0.25, 0.3) is 0 Å². The molecule has 2 rings (SSSR count). The molecule has 4 heteroatoms. The maximum absolute atomic E-state index is 5.86. The summed E-state index contributed by atoms with van der Waals surface area (Å²) in [5.41, 5.74) is 8.20. The van der Waals surface area contributed by atoms with Crippen LogP contribution in [-0.2, 0) is 6.54 Å². The second kappa shape index (κ2) is 6.41. The zero-order valence-corrected chi connectivity index (χ0v) is 11.4. The van der Waals surface area contributed by atoms with Gasteiger partial charge in [-0.15, -0.1) is 0 Å². The van der Waals surface area contributed by atoms with Crippen molar-refractivity contribution in [3.05, 3.63) is 54.0 Å². The van der Waals surface area contributed by atoms with Gasteiger partial charge in [0, 0.05) is 18.7 Å². The highest BCUT2D eigenvalue weighted by Crippen LogP contribution is 2.21. The highest BCUT2D eigenvalue weighted by atomic mass is 16.5. The lowest BCUT2D eigenvalue weighted by Gasteiger charge is -2.26. The molecule has 2 N–H and O–H groups in total. The summed E-state index contributed by atoms with van der Waals surface area (Å²) in [5.74, 6) is 0.872. The van der Waals surface area contributed by atoms with Gasteiger partial charge in [0.2, 0.25) is 0 Å². The molecule has 1 aromatic heterocycles. The molecule has 102 valence electrons. The van der Waals surface area contributed by atoms with E-state index in [4.69, 9.17) is 14.9 Å². The Labute approximate surface area is 113 Å². The van der Waals surface area contributed by atoms with E-state index in [-0.39, 0.29) is 6.04 Å². The van der Waals surface area contributed by atoms with Crippen LogP contribution in [0.1, 0.15) is 17.2 Å². The minimum absolute atomic E-state index is 0.167. The maximum atomic E-state index is 5.86. The second-order valence-corrected chi connectivity index (χ2v) is 4.57. The summed E-state index contributed by atoms with van der Waals surface area (Å²) < 4.78 is 10.3. The van der Waals surface area contributed by atoms with Crippen LogP contribution in [0.2, 0.25) is 0 Å². The van der Waals surface area contributed by atoms with Crippen molar-refractivity contribution in [1.82, 2.24) is 4.90 Å². The first-order valence-corrected chi connectivity index (χ1v) is 6.30. The standard InChI is InChI=1S/C15H20N2O2/c1-17(15(9-16)13-7-8-19-11-13)10-12-3-5-14(18-2)6-4-12/h3-8,11,15H,9-10,16H2,1-2H3. The van der Waals surface area contributed by atoms with Crippen LogP contribution in [0.3, 0.4) is 0 Å². The molecule has 0 radical (unpaired) electrons. The van der Waals surface area contributed by atoms with E-state index in [0.29, 0.717) is 6.54 Å². The average Bonchev–Trinajstić information content (AvgIpc) is 2.94. The number of benzene rings is 1. The summed E-state index contributed by atoms with van der Waals surface area (Å²) in [4.78, 5) is 2.21. The molecule has 0 amide bonds. The van der Waals surface area contributed by atoms with E-state index in [9.17, 15) is 0 Å². The highest BCUT2D eigenvalue weighted by Gasteiger charge is 2.16. The summed E-state index contributed by atoms with van der Waals surface area (Å²) in [6, 6.07) is 10.2. The molecule has 0 spiro atoms. The third-order valence-electron chi connectivity index (χ3n) is 3.27. The fourth-order valence-corrected chi connectivity index (χ4v) is 2.16. The van der Waals surface area contributed by atoms with Gasteiger partial charge in [-0.2, -0.15) is 0 Å². The van der Waals surface area contributed by atoms with E-state index >= 15 is 0 Å². The van der Waals surface area contributed by atoms with Crippen LogP contribution < -0.4 is 10.5 Å². The third kappa shape index (κ3) is 3.36. The van der Waals surface area contributed by atoms with Gasteiger partial charge in [0.05, 0.1) is 25.7 Å². The minimum atomic E-state index is 0.167. The maximum Gasteiger partial charge on any atom is 0.118 e. The van der Waals surface area contributed by atoms with E-state index in [1.807, 2.05) is 18.2 Å². The van der Waals surface area contributed by atoms with Crippen molar-refractivity contribution >= 4 is 0 Å². The molecule has 0 aliphatic heterocycles. The number of nitrogens with zero attached hydrogens (tertiary/aromatic N) is 1. The summed E-state index contributed by atoms with van der Waals surface area (Å²) >= 11 is 0. The molecule has 0 saturated carbocycles. The minimum Gasteiger partial charge on any atom is -0.497 e. The van der Waals surface area contributed by atoms with Gasteiger partial charge in [0.15, 0.2) is 0 Å². The molecule has 0 aliphatic rings. The highest BCUT2D eigenvalue weighted by molar-refractivity contribution is 5.27. The molecular weight excluding hydrogens is 240 g/mol. The number of likely N-dealkylation sites (N-methyl/N-ethyl adjacent to an activating group) is 1. The van der Waals surface area contributed by atoms with Gasteiger partial charge in [0.25, 0.3) is 0 Å². The molecule has 0 aliphatic carbocycles. The summed E-state index contributed by atoms with van der Waals surface area (Å²) in [6.45, 7) is 1.39. The van der Waals surface area contributed by atoms with Crippen LogP contribution in [-0.4, -0.2) is 25.6 Å². The van der Waals surface area contributed by atoms with Gasteiger partial charge >= 0.3 is 0 Å². The van der Waals surface area contributed by atoms with E-state index < -0.39 is 0 Å². The summed E-state index contributed by atoms with van der Waals surface area (Å²) in [7, 11) is 3.74. The molecule has 0 saturated heterocycles. The Balaban J connectivity index is 2.04. The number of methoxy groups -OCH3 is 1. The van der Waals surface area contributed by atoms with Crippen molar-refractivity contribution < 1.29 is 9.15 Å². The quantitative estimate of drug-likeness (QED) is 0.866. The van der Waals surface area contributed by atoms with Crippen molar-refractivity contribution in [2.75, 3.05) is 20.7 Å². The topological polar surface area (TPSA) is 51.6 Å².